The fourth-order valence-corrected chi connectivity index (χ4v) is 3.00. The molecular formula is C27H42O2. The largest absolute Gasteiger partial charge is 0.481 e. The third kappa shape index (κ3) is 12.2. The molecule has 0 saturated carbocycles. The fourth-order valence-electron chi connectivity index (χ4n) is 3.00. The van der Waals surface area contributed by atoms with E-state index in [0.29, 0.717) is 6.42 Å². The fraction of sp³-hybridized carbons (Fsp3) is 0.519. The number of rotatable bonds is 13. The number of carboxylic acids is 1. The summed E-state index contributed by atoms with van der Waals surface area (Å²) in [5.41, 5.74) is 2.78. The van der Waals surface area contributed by atoms with Crippen LogP contribution in [-0.2, 0) is 4.79 Å². The van der Waals surface area contributed by atoms with Gasteiger partial charge in [-0.2, -0.15) is 0 Å². The monoisotopic (exact) mass is 398 g/mol. The van der Waals surface area contributed by atoms with E-state index in [2.05, 4.69) is 96.2 Å². The molecule has 0 aromatic carbocycles. The summed E-state index contributed by atoms with van der Waals surface area (Å²) in [5, 5.41) is 8.77. The third-order valence-corrected chi connectivity index (χ3v) is 5.17. The lowest BCUT2D eigenvalue weighted by atomic mass is 9.77. The molecule has 0 unspecified atom stereocenters. The molecule has 0 aromatic rings. The summed E-state index contributed by atoms with van der Waals surface area (Å²) in [6, 6.07) is 0. The molecule has 29 heavy (non-hydrogen) atoms. The van der Waals surface area contributed by atoms with Gasteiger partial charge in [0.1, 0.15) is 0 Å². The molecule has 0 spiro atoms. The van der Waals surface area contributed by atoms with Crippen molar-refractivity contribution in [1.29, 1.82) is 0 Å². The molecule has 0 atom stereocenters. The van der Waals surface area contributed by atoms with E-state index in [4.69, 9.17) is 5.11 Å². The van der Waals surface area contributed by atoms with Crippen LogP contribution >= 0.6 is 0 Å². The number of aliphatic carboxylic acids is 1. The zero-order chi connectivity index (χ0) is 22.3. The van der Waals surface area contributed by atoms with Gasteiger partial charge < -0.3 is 5.11 Å². The van der Waals surface area contributed by atoms with Crippen LogP contribution in [0.25, 0.3) is 0 Å². The van der Waals surface area contributed by atoms with Gasteiger partial charge in [-0.25, -0.2) is 0 Å². The van der Waals surface area contributed by atoms with Crippen LogP contribution in [0.5, 0.6) is 0 Å². The first-order chi connectivity index (χ1) is 13.6. The molecule has 0 radical (unpaired) electrons. The molecule has 0 aliphatic carbocycles. The Kier molecular flexibility index (Phi) is 13.0. The van der Waals surface area contributed by atoms with Crippen molar-refractivity contribution in [3.05, 3.63) is 71.9 Å². The van der Waals surface area contributed by atoms with Gasteiger partial charge in [0.05, 0.1) is 0 Å². The topological polar surface area (TPSA) is 37.3 Å². The zero-order valence-corrected chi connectivity index (χ0v) is 19.7. The van der Waals surface area contributed by atoms with Crippen molar-refractivity contribution in [2.24, 2.45) is 10.8 Å². The first kappa shape index (κ1) is 26.9. The standard InChI is InChI=1S/C27H42O2/c1-8-11-18-23(24(17-9-2)27(6,7)10-3)19-14-12-13-15-21-26(4,5)22-16-20-25(28)29/h8,11-15,17-19,21H,9-10,16,20,22H2,1-7H3,(H,28,29)/b11-8-,13-12-,19-14-,21-15+,23-18-,24-17+. The quantitative estimate of drug-likeness (QED) is 0.317. The Bertz CT molecular complexity index is 665. The normalized spacial score (nSPS) is 14.9. The van der Waals surface area contributed by atoms with Crippen LogP contribution < -0.4 is 0 Å². The van der Waals surface area contributed by atoms with E-state index < -0.39 is 5.97 Å². The molecule has 0 bridgehead atoms. The maximum Gasteiger partial charge on any atom is 0.303 e. The lowest BCUT2D eigenvalue weighted by Gasteiger charge is -2.28. The van der Waals surface area contributed by atoms with Crippen molar-refractivity contribution < 1.29 is 9.90 Å². The minimum absolute atomic E-state index is 0.00265. The average molecular weight is 399 g/mol. The van der Waals surface area contributed by atoms with E-state index in [1.807, 2.05) is 13.0 Å². The molecule has 0 aliphatic rings. The van der Waals surface area contributed by atoms with Crippen LogP contribution in [0.1, 0.15) is 80.6 Å². The highest BCUT2D eigenvalue weighted by Crippen LogP contribution is 2.36. The molecule has 0 saturated heterocycles. The van der Waals surface area contributed by atoms with Gasteiger partial charge in [0.15, 0.2) is 0 Å². The first-order valence-corrected chi connectivity index (χ1v) is 10.9. The van der Waals surface area contributed by atoms with Gasteiger partial charge in [0.2, 0.25) is 0 Å². The lowest BCUT2D eigenvalue weighted by molar-refractivity contribution is -0.137. The van der Waals surface area contributed by atoms with Crippen LogP contribution in [0.2, 0.25) is 0 Å². The number of carbonyl (C=O) groups is 1. The molecule has 2 heteroatoms. The van der Waals surface area contributed by atoms with Crippen molar-refractivity contribution >= 4 is 5.97 Å². The van der Waals surface area contributed by atoms with Crippen molar-refractivity contribution in [3.63, 3.8) is 0 Å². The molecule has 2 nitrogen and oxygen atoms in total. The summed E-state index contributed by atoms with van der Waals surface area (Å²) >= 11 is 0. The van der Waals surface area contributed by atoms with Gasteiger partial charge in [-0.1, -0.05) is 102 Å². The highest BCUT2D eigenvalue weighted by Gasteiger charge is 2.22. The van der Waals surface area contributed by atoms with E-state index in [9.17, 15) is 4.79 Å². The van der Waals surface area contributed by atoms with Crippen LogP contribution in [-0.4, -0.2) is 11.1 Å². The van der Waals surface area contributed by atoms with E-state index in [0.717, 1.165) is 19.3 Å². The van der Waals surface area contributed by atoms with Crippen molar-refractivity contribution in [3.8, 4) is 0 Å². The van der Waals surface area contributed by atoms with Crippen molar-refractivity contribution in [1.82, 2.24) is 0 Å². The van der Waals surface area contributed by atoms with Gasteiger partial charge in [-0.3, -0.25) is 4.79 Å². The molecule has 0 rings (SSSR count). The first-order valence-electron chi connectivity index (χ1n) is 10.9. The molecular weight excluding hydrogens is 356 g/mol. The lowest BCUT2D eigenvalue weighted by Crippen LogP contribution is -2.14. The number of hydrogen-bond donors (Lipinski definition) is 1. The van der Waals surface area contributed by atoms with E-state index in [1.165, 1.54) is 11.1 Å². The minimum Gasteiger partial charge on any atom is -0.481 e. The average Bonchev–Trinajstić information content (AvgIpc) is 2.64. The van der Waals surface area contributed by atoms with E-state index in [-0.39, 0.29) is 17.3 Å². The van der Waals surface area contributed by atoms with Gasteiger partial charge in [-0.15, -0.1) is 0 Å². The van der Waals surface area contributed by atoms with E-state index >= 15 is 0 Å². The highest BCUT2D eigenvalue weighted by atomic mass is 16.4. The summed E-state index contributed by atoms with van der Waals surface area (Å²) < 4.78 is 0. The summed E-state index contributed by atoms with van der Waals surface area (Å²) in [7, 11) is 0. The Hall–Kier alpha value is -2.09. The molecule has 0 aromatic heterocycles. The molecule has 0 aliphatic heterocycles. The van der Waals surface area contributed by atoms with Crippen molar-refractivity contribution in [2.75, 3.05) is 0 Å². The second-order valence-corrected chi connectivity index (χ2v) is 8.75. The number of carboxylic acid groups (broad SMARTS) is 1. The maximum atomic E-state index is 10.7. The van der Waals surface area contributed by atoms with Crippen LogP contribution in [0.3, 0.4) is 0 Å². The zero-order valence-electron chi connectivity index (χ0n) is 19.7. The highest BCUT2D eigenvalue weighted by molar-refractivity contribution is 5.66. The smallest absolute Gasteiger partial charge is 0.303 e. The Morgan fingerprint density at radius 2 is 1.62 bits per heavy atom. The summed E-state index contributed by atoms with van der Waals surface area (Å²) in [5.74, 6) is -0.723. The second-order valence-electron chi connectivity index (χ2n) is 8.75. The molecule has 1 N–H and O–H groups in total. The second kappa shape index (κ2) is 14.0. The number of allylic oxidation sites excluding steroid dienone is 12. The van der Waals surface area contributed by atoms with Crippen LogP contribution in [0, 0.1) is 10.8 Å². The Balaban J connectivity index is 5.20. The summed E-state index contributed by atoms with van der Waals surface area (Å²) in [6.07, 6.45) is 25.2. The van der Waals surface area contributed by atoms with Crippen LogP contribution in [0.4, 0.5) is 0 Å². The van der Waals surface area contributed by atoms with Gasteiger partial charge in [0, 0.05) is 6.42 Å². The van der Waals surface area contributed by atoms with Gasteiger partial charge >= 0.3 is 5.97 Å². The Morgan fingerprint density at radius 1 is 0.966 bits per heavy atom. The van der Waals surface area contributed by atoms with Gasteiger partial charge in [-0.05, 0) is 54.6 Å². The van der Waals surface area contributed by atoms with Crippen molar-refractivity contribution in [2.45, 2.75) is 80.6 Å². The Labute approximate surface area is 179 Å². The van der Waals surface area contributed by atoms with E-state index in [1.54, 1.807) is 0 Å². The third-order valence-electron chi connectivity index (χ3n) is 5.17. The van der Waals surface area contributed by atoms with Crippen LogP contribution in [0.15, 0.2) is 71.9 Å². The Morgan fingerprint density at radius 3 is 2.17 bits per heavy atom. The SMILES string of the molecule is C\C=C/C=C(/C=C\C=C/C=C/C(C)(C)CCCC(=O)O)C(=C/CC)\C(C)(C)CC. The predicted octanol–water partition coefficient (Wildman–Crippen LogP) is 8.21. The molecule has 0 fully saturated rings. The summed E-state index contributed by atoms with van der Waals surface area (Å²) in [6.45, 7) is 15.3. The number of hydrogen-bond acceptors (Lipinski definition) is 1. The molecule has 162 valence electrons. The van der Waals surface area contributed by atoms with Gasteiger partial charge in [0.25, 0.3) is 0 Å². The molecule has 0 amide bonds. The summed E-state index contributed by atoms with van der Waals surface area (Å²) in [4.78, 5) is 10.7. The molecule has 0 heterocycles. The minimum atomic E-state index is -0.723. The predicted molar refractivity (Wildman–Crippen MR) is 128 cm³/mol. The maximum absolute atomic E-state index is 10.7.